The normalized spacial score (nSPS) is 15.5. The molecule has 3 aromatic rings. The van der Waals surface area contributed by atoms with Crippen LogP contribution in [-0.4, -0.2) is 0 Å². The molecule has 0 aliphatic heterocycles. The minimum absolute atomic E-state index is 0.0381. The first-order valence-electron chi connectivity index (χ1n) is 9.75. The Balaban J connectivity index is 1.91. The third-order valence-electron chi connectivity index (χ3n) is 6.02. The largest absolute Gasteiger partial charge is 0.213 e. The third kappa shape index (κ3) is 2.92. The van der Waals surface area contributed by atoms with E-state index in [2.05, 4.69) is 55.8 Å². The molecule has 1 fully saturated rings. The van der Waals surface area contributed by atoms with Crippen LogP contribution < -0.4 is 4.57 Å². The summed E-state index contributed by atoms with van der Waals surface area (Å²) in [5, 5.41) is 1.08. The van der Waals surface area contributed by atoms with Crippen LogP contribution in [0.15, 0.2) is 42.5 Å². The zero-order valence-electron chi connectivity index (χ0n) is 16.0. The Morgan fingerprint density at radius 3 is 2.46 bits per heavy atom. The van der Waals surface area contributed by atoms with E-state index in [1.807, 2.05) is 6.07 Å². The van der Waals surface area contributed by atoms with Gasteiger partial charge in [0.2, 0.25) is 11.2 Å². The van der Waals surface area contributed by atoms with E-state index in [1.54, 1.807) is 6.07 Å². The van der Waals surface area contributed by atoms with Gasteiger partial charge in [-0.2, -0.15) is 4.57 Å². The van der Waals surface area contributed by atoms with Gasteiger partial charge >= 0.3 is 0 Å². The summed E-state index contributed by atoms with van der Waals surface area (Å²) >= 11 is 0. The van der Waals surface area contributed by atoms with Gasteiger partial charge in [-0.25, -0.2) is 4.39 Å². The average molecular weight is 348 g/mol. The maximum atomic E-state index is 14.8. The van der Waals surface area contributed by atoms with Crippen molar-refractivity contribution in [3.8, 4) is 11.3 Å². The van der Waals surface area contributed by atoms with E-state index < -0.39 is 0 Å². The van der Waals surface area contributed by atoms with Crippen LogP contribution in [0.5, 0.6) is 0 Å². The van der Waals surface area contributed by atoms with E-state index in [4.69, 9.17) is 0 Å². The first-order chi connectivity index (χ1) is 12.6. The molecule has 0 N–H and O–H groups in total. The van der Waals surface area contributed by atoms with Crippen molar-refractivity contribution in [2.45, 2.75) is 51.9 Å². The van der Waals surface area contributed by atoms with Crippen LogP contribution >= 0.6 is 0 Å². The maximum absolute atomic E-state index is 14.8. The SMILES string of the molecule is Cc1ccc(C)c(-c2ccc3c(C4CCCCC4)c(F)ccc3[n+]2C)c1. The predicted octanol–water partition coefficient (Wildman–Crippen LogP) is 6.13. The standard InChI is InChI=1S/C24H27FN/c1-16-9-10-17(2)20(15-16)23-13-11-19-22(26(23)3)14-12-21(25)24(19)18-7-5-4-6-8-18/h9-15,18H,4-8H2,1-3H3/q+1. The molecule has 2 aromatic carbocycles. The highest BCUT2D eigenvalue weighted by Gasteiger charge is 2.25. The lowest BCUT2D eigenvalue weighted by Gasteiger charge is -2.23. The molecule has 1 aromatic heterocycles. The second-order valence-corrected chi connectivity index (χ2v) is 7.82. The number of aromatic nitrogens is 1. The Morgan fingerprint density at radius 1 is 0.923 bits per heavy atom. The van der Waals surface area contributed by atoms with E-state index in [0.717, 1.165) is 29.3 Å². The van der Waals surface area contributed by atoms with Crippen LogP contribution in [0.2, 0.25) is 0 Å². The fourth-order valence-electron chi connectivity index (χ4n) is 4.56. The number of nitrogens with zero attached hydrogens (tertiary/aromatic N) is 1. The van der Waals surface area contributed by atoms with Crippen molar-refractivity contribution in [1.82, 2.24) is 0 Å². The Bertz CT molecular complexity index is 968. The van der Waals surface area contributed by atoms with Gasteiger partial charge in [0.1, 0.15) is 12.9 Å². The summed E-state index contributed by atoms with van der Waals surface area (Å²) in [6, 6.07) is 14.5. The molecule has 0 saturated heterocycles. The van der Waals surface area contributed by atoms with Crippen LogP contribution in [0, 0.1) is 19.7 Å². The molecule has 26 heavy (non-hydrogen) atoms. The maximum Gasteiger partial charge on any atom is 0.213 e. The molecule has 1 saturated carbocycles. The number of aryl methyl sites for hydroxylation is 3. The lowest BCUT2D eigenvalue weighted by molar-refractivity contribution is -0.633. The summed E-state index contributed by atoms with van der Waals surface area (Å²) in [6.45, 7) is 4.28. The molecule has 134 valence electrons. The van der Waals surface area contributed by atoms with Gasteiger partial charge in [0, 0.05) is 23.3 Å². The summed E-state index contributed by atoms with van der Waals surface area (Å²) in [7, 11) is 2.10. The van der Waals surface area contributed by atoms with Crippen LogP contribution in [0.25, 0.3) is 22.2 Å². The van der Waals surface area contributed by atoms with Crippen molar-refractivity contribution >= 4 is 10.9 Å². The molecular weight excluding hydrogens is 321 g/mol. The minimum Gasteiger partial charge on any atom is -0.207 e. The highest BCUT2D eigenvalue weighted by molar-refractivity contribution is 5.82. The number of rotatable bonds is 2. The van der Waals surface area contributed by atoms with Gasteiger partial charge in [-0.1, -0.05) is 37.0 Å². The molecular formula is C24H27FN+. The van der Waals surface area contributed by atoms with E-state index in [9.17, 15) is 4.39 Å². The van der Waals surface area contributed by atoms with Gasteiger partial charge in [-0.15, -0.1) is 0 Å². The van der Waals surface area contributed by atoms with Crippen LogP contribution in [-0.2, 0) is 7.05 Å². The predicted molar refractivity (Wildman–Crippen MR) is 106 cm³/mol. The topological polar surface area (TPSA) is 3.88 Å². The lowest BCUT2D eigenvalue weighted by Crippen LogP contribution is -2.32. The van der Waals surface area contributed by atoms with Gasteiger partial charge in [0.05, 0.1) is 5.39 Å². The second-order valence-electron chi connectivity index (χ2n) is 7.82. The van der Waals surface area contributed by atoms with Gasteiger partial charge in [0.25, 0.3) is 0 Å². The van der Waals surface area contributed by atoms with Crippen molar-refractivity contribution in [3.63, 3.8) is 0 Å². The number of hydrogen-bond donors (Lipinski definition) is 0. The highest BCUT2D eigenvalue weighted by atomic mass is 19.1. The van der Waals surface area contributed by atoms with Crippen LogP contribution in [0.3, 0.4) is 0 Å². The summed E-state index contributed by atoms with van der Waals surface area (Å²) in [5.74, 6) is 0.322. The van der Waals surface area contributed by atoms with Gasteiger partial charge in [-0.05, 0) is 56.4 Å². The molecule has 1 nitrogen and oxygen atoms in total. The third-order valence-corrected chi connectivity index (χ3v) is 6.02. The number of pyridine rings is 1. The Labute approximate surface area is 155 Å². The fourth-order valence-corrected chi connectivity index (χ4v) is 4.56. The smallest absolute Gasteiger partial charge is 0.207 e. The summed E-state index contributed by atoms with van der Waals surface area (Å²) in [6.07, 6.45) is 5.94. The first-order valence-corrected chi connectivity index (χ1v) is 9.75. The van der Waals surface area contributed by atoms with Gasteiger partial charge in [0.15, 0.2) is 0 Å². The van der Waals surface area contributed by atoms with E-state index in [-0.39, 0.29) is 5.82 Å². The van der Waals surface area contributed by atoms with E-state index >= 15 is 0 Å². The zero-order chi connectivity index (χ0) is 18.3. The molecule has 1 aliphatic carbocycles. The van der Waals surface area contributed by atoms with Crippen LogP contribution in [0.1, 0.15) is 54.7 Å². The highest BCUT2D eigenvalue weighted by Crippen LogP contribution is 2.38. The van der Waals surface area contributed by atoms with Gasteiger partial charge in [-0.3, -0.25) is 0 Å². The molecule has 0 unspecified atom stereocenters. The molecule has 0 atom stereocenters. The van der Waals surface area contributed by atoms with Crippen molar-refractivity contribution < 1.29 is 8.96 Å². The molecule has 0 spiro atoms. The van der Waals surface area contributed by atoms with Crippen molar-refractivity contribution in [2.75, 3.05) is 0 Å². The molecule has 2 heteroatoms. The van der Waals surface area contributed by atoms with E-state index in [1.165, 1.54) is 41.6 Å². The number of fused-ring (bicyclic) bond motifs is 1. The zero-order valence-corrected chi connectivity index (χ0v) is 16.0. The quantitative estimate of drug-likeness (QED) is 0.490. The second kappa shape index (κ2) is 6.83. The fraction of sp³-hybridized carbons (Fsp3) is 0.375. The number of hydrogen-bond acceptors (Lipinski definition) is 0. The number of benzene rings is 2. The molecule has 1 aliphatic rings. The number of halogens is 1. The molecule has 0 amide bonds. The Kier molecular flexibility index (Phi) is 4.52. The van der Waals surface area contributed by atoms with Crippen molar-refractivity contribution in [2.24, 2.45) is 7.05 Å². The van der Waals surface area contributed by atoms with Gasteiger partial charge < -0.3 is 0 Å². The lowest BCUT2D eigenvalue weighted by atomic mass is 9.82. The monoisotopic (exact) mass is 348 g/mol. The molecule has 0 radical (unpaired) electrons. The minimum atomic E-state index is -0.0381. The summed E-state index contributed by atoms with van der Waals surface area (Å²) < 4.78 is 17.0. The molecule has 4 rings (SSSR count). The first kappa shape index (κ1) is 17.2. The average Bonchev–Trinajstić information content (AvgIpc) is 2.65. The summed E-state index contributed by atoms with van der Waals surface area (Å²) in [5.41, 5.74) is 7.00. The summed E-state index contributed by atoms with van der Waals surface area (Å²) in [4.78, 5) is 0. The Morgan fingerprint density at radius 2 is 1.69 bits per heavy atom. The van der Waals surface area contributed by atoms with Crippen molar-refractivity contribution in [3.05, 3.63) is 65.0 Å². The van der Waals surface area contributed by atoms with E-state index in [0.29, 0.717) is 5.92 Å². The van der Waals surface area contributed by atoms with Crippen molar-refractivity contribution in [1.29, 1.82) is 0 Å². The molecule has 0 bridgehead atoms. The molecule has 1 heterocycles. The Hall–Kier alpha value is -2.22. The van der Waals surface area contributed by atoms with Crippen LogP contribution in [0.4, 0.5) is 4.39 Å².